The first kappa shape index (κ1) is 18.2. The summed E-state index contributed by atoms with van der Waals surface area (Å²) in [5.41, 5.74) is 2.71. The van der Waals surface area contributed by atoms with Gasteiger partial charge in [-0.3, -0.25) is 9.78 Å². The first-order valence-electron chi connectivity index (χ1n) is 8.82. The Morgan fingerprint density at radius 3 is 2.69 bits per heavy atom. The van der Waals surface area contributed by atoms with Crippen LogP contribution in [0.25, 0.3) is 0 Å². The first-order valence-corrected chi connectivity index (χ1v) is 8.82. The van der Waals surface area contributed by atoms with Gasteiger partial charge in [-0.25, -0.2) is 4.39 Å². The smallest absolute Gasteiger partial charge is 0.224 e. The van der Waals surface area contributed by atoms with Gasteiger partial charge in [-0.1, -0.05) is 12.1 Å². The Morgan fingerprint density at radius 1 is 1.35 bits per heavy atom. The van der Waals surface area contributed by atoms with E-state index in [0.29, 0.717) is 25.1 Å². The Balaban J connectivity index is 1.53. The molecule has 5 nitrogen and oxygen atoms in total. The van der Waals surface area contributed by atoms with Crippen molar-refractivity contribution in [1.29, 1.82) is 0 Å². The minimum atomic E-state index is -0.742. The molecule has 0 bridgehead atoms. The van der Waals surface area contributed by atoms with Crippen LogP contribution in [0.5, 0.6) is 5.75 Å². The van der Waals surface area contributed by atoms with E-state index in [-0.39, 0.29) is 11.9 Å². The second-order valence-corrected chi connectivity index (χ2v) is 6.59. The van der Waals surface area contributed by atoms with Crippen molar-refractivity contribution in [3.05, 3.63) is 53.9 Å². The Bertz CT molecular complexity index is 734. The topological polar surface area (TPSA) is 54.5 Å². The van der Waals surface area contributed by atoms with Gasteiger partial charge < -0.3 is 15.0 Å². The maximum absolute atomic E-state index is 13.3. The van der Waals surface area contributed by atoms with Crippen molar-refractivity contribution in [2.24, 2.45) is 0 Å². The summed E-state index contributed by atoms with van der Waals surface area (Å²) in [6, 6.07) is 11.2. The van der Waals surface area contributed by atoms with Gasteiger partial charge in [-0.15, -0.1) is 0 Å². The van der Waals surface area contributed by atoms with Crippen molar-refractivity contribution in [2.45, 2.75) is 32.0 Å². The van der Waals surface area contributed by atoms with Crippen LogP contribution < -0.4 is 15.0 Å². The third kappa shape index (κ3) is 4.50. The SMILES string of the molecule is COc1ccc([C@@H](C)NC(=O)Cc2ccc(N3CCC(F)C3)cc2)nc1. The molecule has 0 saturated carbocycles. The second-order valence-electron chi connectivity index (χ2n) is 6.59. The molecule has 1 aliphatic rings. The number of halogens is 1. The van der Waals surface area contributed by atoms with Crippen molar-refractivity contribution in [2.75, 3.05) is 25.1 Å². The molecule has 0 aliphatic carbocycles. The number of aromatic nitrogens is 1. The van der Waals surface area contributed by atoms with E-state index in [1.54, 1.807) is 13.3 Å². The lowest BCUT2D eigenvalue weighted by atomic mass is 10.1. The number of hydrogen-bond acceptors (Lipinski definition) is 4. The van der Waals surface area contributed by atoms with E-state index >= 15 is 0 Å². The van der Waals surface area contributed by atoms with Crippen molar-refractivity contribution >= 4 is 11.6 Å². The molecule has 1 aromatic carbocycles. The minimum absolute atomic E-state index is 0.0622. The molecule has 2 atom stereocenters. The molecule has 0 radical (unpaired) electrons. The Morgan fingerprint density at radius 2 is 2.12 bits per heavy atom. The standard InChI is InChI=1S/C20H24FN3O2/c1-14(19-8-7-18(26-2)12-22-19)23-20(25)11-15-3-5-17(6-4-15)24-10-9-16(21)13-24/h3-8,12,14,16H,9-11,13H2,1-2H3,(H,23,25)/t14-,16?/m1/s1. The van der Waals surface area contributed by atoms with E-state index in [9.17, 15) is 9.18 Å². The predicted molar refractivity (Wildman–Crippen MR) is 99.2 cm³/mol. The van der Waals surface area contributed by atoms with Crippen LogP contribution in [0.1, 0.15) is 30.6 Å². The molecule has 1 amide bonds. The average molecular weight is 357 g/mol. The van der Waals surface area contributed by atoms with Crippen LogP contribution in [0.3, 0.4) is 0 Å². The summed E-state index contributed by atoms with van der Waals surface area (Å²) in [7, 11) is 1.59. The van der Waals surface area contributed by atoms with Gasteiger partial charge in [0, 0.05) is 18.8 Å². The maximum Gasteiger partial charge on any atom is 0.224 e. The highest BCUT2D eigenvalue weighted by Gasteiger charge is 2.21. The number of carbonyl (C=O) groups is 1. The van der Waals surface area contributed by atoms with Gasteiger partial charge in [-0.05, 0) is 43.2 Å². The number of hydrogen-bond donors (Lipinski definition) is 1. The van der Waals surface area contributed by atoms with Crippen LogP contribution >= 0.6 is 0 Å². The van der Waals surface area contributed by atoms with Gasteiger partial charge in [0.25, 0.3) is 0 Å². The van der Waals surface area contributed by atoms with Crippen LogP contribution in [-0.2, 0) is 11.2 Å². The van der Waals surface area contributed by atoms with Crippen LogP contribution in [0.15, 0.2) is 42.6 Å². The van der Waals surface area contributed by atoms with E-state index in [1.807, 2.05) is 48.2 Å². The number of pyridine rings is 1. The lowest BCUT2D eigenvalue weighted by molar-refractivity contribution is -0.121. The first-order chi connectivity index (χ1) is 12.5. The fourth-order valence-electron chi connectivity index (χ4n) is 3.10. The Labute approximate surface area is 153 Å². The van der Waals surface area contributed by atoms with Gasteiger partial charge in [0.15, 0.2) is 0 Å². The molecule has 1 aromatic heterocycles. The molecule has 1 N–H and O–H groups in total. The van der Waals surface area contributed by atoms with E-state index < -0.39 is 6.17 Å². The van der Waals surface area contributed by atoms with Gasteiger partial charge >= 0.3 is 0 Å². The van der Waals surface area contributed by atoms with Crippen molar-refractivity contribution in [3.8, 4) is 5.75 Å². The van der Waals surface area contributed by atoms with E-state index in [2.05, 4.69) is 10.3 Å². The maximum atomic E-state index is 13.3. The number of methoxy groups -OCH3 is 1. The number of nitrogens with one attached hydrogen (secondary N) is 1. The van der Waals surface area contributed by atoms with Gasteiger partial charge in [0.05, 0.1) is 31.5 Å². The lowest BCUT2D eigenvalue weighted by Gasteiger charge is -2.18. The van der Waals surface area contributed by atoms with Gasteiger partial charge in [-0.2, -0.15) is 0 Å². The van der Waals surface area contributed by atoms with Gasteiger partial charge in [0.2, 0.25) is 5.91 Å². The number of amides is 1. The third-order valence-corrected chi connectivity index (χ3v) is 4.61. The molecule has 26 heavy (non-hydrogen) atoms. The number of anilines is 1. The Kier molecular flexibility index (Phi) is 5.71. The summed E-state index contributed by atoms with van der Waals surface area (Å²) in [6.07, 6.45) is 1.78. The van der Waals surface area contributed by atoms with Crippen molar-refractivity contribution in [3.63, 3.8) is 0 Å². The van der Waals surface area contributed by atoms with Crippen molar-refractivity contribution < 1.29 is 13.9 Å². The van der Waals surface area contributed by atoms with Crippen LogP contribution in [0.2, 0.25) is 0 Å². The molecule has 0 spiro atoms. The van der Waals surface area contributed by atoms with E-state index in [1.165, 1.54) is 0 Å². The molecule has 6 heteroatoms. The molecule has 2 heterocycles. The monoisotopic (exact) mass is 357 g/mol. The zero-order valence-electron chi connectivity index (χ0n) is 15.1. The van der Waals surface area contributed by atoms with E-state index in [0.717, 1.165) is 23.5 Å². The van der Waals surface area contributed by atoms with Gasteiger partial charge in [0.1, 0.15) is 11.9 Å². The highest BCUT2D eigenvalue weighted by Crippen LogP contribution is 2.22. The fraction of sp³-hybridized carbons (Fsp3) is 0.400. The molecule has 1 aliphatic heterocycles. The number of benzene rings is 1. The molecular formula is C20H24FN3O2. The van der Waals surface area contributed by atoms with Crippen LogP contribution in [-0.4, -0.2) is 37.3 Å². The number of carbonyl (C=O) groups excluding carboxylic acids is 1. The molecule has 138 valence electrons. The quantitative estimate of drug-likeness (QED) is 0.863. The number of nitrogens with zero attached hydrogens (tertiary/aromatic N) is 2. The zero-order valence-corrected chi connectivity index (χ0v) is 15.1. The predicted octanol–water partition coefficient (Wildman–Crippen LogP) is 3.06. The number of rotatable bonds is 6. The minimum Gasteiger partial charge on any atom is -0.495 e. The summed E-state index contributed by atoms with van der Waals surface area (Å²) >= 11 is 0. The van der Waals surface area contributed by atoms with Crippen molar-refractivity contribution in [1.82, 2.24) is 10.3 Å². The third-order valence-electron chi connectivity index (χ3n) is 4.61. The van der Waals surface area contributed by atoms with Crippen LogP contribution in [0, 0.1) is 0 Å². The zero-order chi connectivity index (χ0) is 18.5. The summed E-state index contributed by atoms with van der Waals surface area (Å²) in [5.74, 6) is 0.623. The summed E-state index contributed by atoms with van der Waals surface area (Å²) in [5, 5.41) is 2.96. The summed E-state index contributed by atoms with van der Waals surface area (Å²) in [4.78, 5) is 18.6. The highest BCUT2D eigenvalue weighted by atomic mass is 19.1. The molecule has 2 aromatic rings. The second kappa shape index (κ2) is 8.17. The molecule has 1 fully saturated rings. The Hall–Kier alpha value is -2.63. The highest BCUT2D eigenvalue weighted by molar-refractivity contribution is 5.79. The lowest BCUT2D eigenvalue weighted by Crippen LogP contribution is -2.28. The number of alkyl halides is 1. The molecular weight excluding hydrogens is 333 g/mol. The van der Waals surface area contributed by atoms with Crippen LogP contribution in [0.4, 0.5) is 10.1 Å². The molecule has 1 saturated heterocycles. The summed E-state index contributed by atoms with van der Waals surface area (Å²) in [6.45, 7) is 3.09. The molecule has 1 unspecified atom stereocenters. The number of ether oxygens (including phenoxy) is 1. The fourth-order valence-corrected chi connectivity index (χ4v) is 3.10. The normalized spacial score (nSPS) is 17.8. The average Bonchev–Trinajstić information content (AvgIpc) is 3.08. The van der Waals surface area contributed by atoms with E-state index in [4.69, 9.17) is 4.74 Å². The largest absolute Gasteiger partial charge is 0.495 e. The molecule has 3 rings (SSSR count). The summed E-state index contributed by atoms with van der Waals surface area (Å²) < 4.78 is 18.4.